The Morgan fingerprint density at radius 2 is 1.74 bits per heavy atom. The van der Waals surface area contributed by atoms with Crippen molar-refractivity contribution in [3.8, 4) is 5.75 Å². The van der Waals surface area contributed by atoms with Crippen LogP contribution in [-0.2, 0) is 4.79 Å². The fourth-order valence-electron chi connectivity index (χ4n) is 3.37. The number of ether oxygens (including phenoxy) is 1. The van der Waals surface area contributed by atoms with Gasteiger partial charge in [-0.1, -0.05) is 0 Å². The molecule has 0 bridgehead atoms. The van der Waals surface area contributed by atoms with Gasteiger partial charge in [-0.3, -0.25) is 9.79 Å². The maximum atomic E-state index is 13.1. The number of rotatable bonds is 7. The molecule has 2 aromatic carbocycles. The van der Waals surface area contributed by atoms with E-state index in [1.54, 1.807) is 12.1 Å². The highest BCUT2D eigenvalue weighted by molar-refractivity contribution is 5.92. The van der Waals surface area contributed by atoms with Gasteiger partial charge in [0, 0.05) is 44.0 Å². The SMILES string of the molecule is CC(C)Oc1ccc(NC(N)=NCCC(=O)N2CCN(c3ccc(F)cc3)CC2)cc1. The van der Waals surface area contributed by atoms with Crippen LogP contribution in [0.4, 0.5) is 15.8 Å². The van der Waals surface area contributed by atoms with Crippen molar-refractivity contribution in [1.82, 2.24) is 4.90 Å². The lowest BCUT2D eigenvalue weighted by molar-refractivity contribution is -0.131. The molecule has 0 saturated carbocycles. The molecular formula is C23H30FN5O2. The van der Waals surface area contributed by atoms with Gasteiger partial charge >= 0.3 is 0 Å². The van der Waals surface area contributed by atoms with Crippen molar-refractivity contribution in [2.24, 2.45) is 10.7 Å². The van der Waals surface area contributed by atoms with E-state index in [9.17, 15) is 9.18 Å². The third-order valence-corrected chi connectivity index (χ3v) is 4.93. The van der Waals surface area contributed by atoms with Crippen LogP contribution in [0.25, 0.3) is 0 Å². The molecule has 1 heterocycles. The number of benzene rings is 2. The number of halogens is 1. The third kappa shape index (κ3) is 6.87. The van der Waals surface area contributed by atoms with Crippen LogP contribution < -0.4 is 20.7 Å². The maximum absolute atomic E-state index is 13.1. The van der Waals surface area contributed by atoms with E-state index in [0.717, 1.165) is 30.2 Å². The molecule has 0 aromatic heterocycles. The summed E-state index contributed by atoms with van der Waals surface area (Å²) in [5.74, 6) is 0.877. The van der Waals surface area contributed by atoms with Gasteiger partial charge < -0.3 is 25.6 Å². The number of nitrogens with two attached hydrogens (primary N) is 1. The smallest absolute Gasteiger partial charge is 0.224 e. The topological polar surface area (TPSA) is 83.2 Å². The average molecular weight is 428 g/mol. The van der Waals surface area contributed by atoms with Crippen molar-refractivity contribution in [3.05, 3.63) is 54.3 Å². The molecule has 7 nitrogen and oxygen atoms in total. The van der Waals surface area contributed by atoms with Gasteiger partial charge in [-0.15, -0.1) is 0 Å². The molecule has 0 unspecified atom stereocenters. The van der Waals surface area contributed by atoms with Crippen LogP contribution in [0.1, 0.15) is 20.3 Å². The Balaban J connectivity index is 1.40. The highest BCUT2D eigenvalue weighted by Gasteiger charge is 2.20. The number of hydrogen-bond donors (Lipinski definition) is 2. The summed E-state index contributed by atoms with van der Waals surface area (Å²) >= 11 is 0. The lowest BCUT2D eigenvalue weighted by Crippen LogP contribution is -2.48. The van der Waals surface area contributed by atoms with Gasteiger partial charge in [0.1, 0.15) is 11.6 Å². The summed E-state index contributed by atoms with van der Waals surface area (Å²) in [4.78, 5) is 20.7. The molecule has 1 fully saturated rings. The Kier molecular flexibility index (Phi) is 7.70. The number of carbonyl (C=O) groups is 1. The normalized spacial score (nSPS) is 14.6. The molecule has 1 amide bonds. The molecule has 31 heavy (non-hydrogen) atoms. The van der Waals surface area contributed by atoms with E-state index >= 15 is 0 Å². The van der Waals surface area contributed by atoms with Crippen LogP contribution in [-0.4, -0.2) is 55.6 Å². The van der Waals surface area contributed by atoms with Crippen LogP contribution in [0.5, 0.6) is 5.75 Å². The van der Waals surface area contributed by atoms with Gasteiger partial charge in [0.15, 0.2) is 5.96 Å². The maximum Gasteiger partial charge on any atom is 0.224 e. The fourth-order valence-corrected chi connectivity index (χ4v) is 3.37. The first kappa shape index (κ1) is 22.4. The number of piperazine rings is 1. The predicted molar refractivity (Wildman–Crippen MR) is 122 cm³/mol. The van der Waals surface area contributed by atoms with Crippen LogP contribution in [0.15, 0.2) is 53.5 Å². The summed E-state index contributed by atoms with van der Waals surface area (Å²) in [6.45, 7) is 7.00. The first-order valence-electron chi connectivity index (χ1n) is 10.5. The van der Waals surface area contributed by atoms with E-state index in [4.69, 9.17) is 10.5 Å². The van der Waals surface area contributed by atoms with E-state index in [-0.39, 0.29) is 23.8 Å². The van der Waals surface area contributed by atoms with E-state index in [0.29, 0.717) is 26.1 Å². The van der Waals surface area contributed by atoms with Crippen molar-refractivity contribution in [3.63, 3.8) is 0 Å². The Hall–Kier alpha value is -3.29. The summed E-state index contributed by atoms with van der Waals surface area (Å²) in [6, 6.07) is 13.9. The molecule has 0 aliphatic carbocycles. The highest BCUT2D eigenvalue weighted by atomic mass is 19.1. The molecule has 8 heteroatoms. The molecule has 0 atom stereocenters. The van der Waals surface area contributed by atoms with Crippen molar-refractivity contribution in [2.75, 3.05) is 42.9 Å². The van der Waals surface area contributed by atoms with Gasteiger partial charge in [-0.05, 0) is 62.4 Å². The standard InChI is InChI=1S/C23H30FN5O2/c1-17(2)31-21-9-5-19(6-10-21)27-23(25)26-12-11-22(30)29-15-13-28(14-16-29)20-7-3-18(24)4-8-20/h3-10,17H,11-16H2,1-2H3,(H3,25,26,27). The zero-order valence-corrected chi connectivity index (χ0v) is 18.1. The summed E-state index contributed by atoms with van der Waals surface area (Å²) < 4.78 is 18.7. The number of carbonyl (C=O) groups excluding carboxylic acids is 1. The number of hydrogen-bond acceptors (Lipinski definition) is 4. The lowest BCUT2D eigenvalue weighted by atomic mass is 10.2. The monoisotopic (exact) mass is 427 g/mol. The molecule has 2 aromatic rings. The van der Waals surface area contributed by atoms with Crippen LogP contribution in [0, 0.1) is 5.82 Å². The first-order valence-corrected chi connectivity index (χ1v) is 10.5. The lowest BCUT2D eigenvalue weighted by Gasteiger charge is -2.36. The van der Waals surface area contributed by atoms with E-state index in [2.05, 4.69) is 15.2 Å². The molecule has 0 radical (unpaired) electrons. The zero-order valence-electron chi connectivity index (χ0n) is 18.1. The number of nitrogens with one attached hydrogen (secondary N) is 1. The van der Waals surface area contributed by atoms with Gasteiger partial charge in [0.25, 0.3) is 0 Å². The number of aliphatic imine (C=N–C) groups is 1. The average Bonchev–Trinajstić information content (AvgIpc) is 2.75. The van der Waals surface area contributed by atoms with Crippen molar-refractivity contribution in [1.29, 1.82) is 0 Å². The Bertz CT molecular complexity index is 876. The highest BCUT2D eigenvalue weighted by Crippen LogP contribution is 2.18. The molecule has 166 valence electrons. The third-order valence-electron chi connectivity index (χ3n) is 4.93. The summed E-state index contributed by atoms with van der Waals surface area (Å²) in [7, 11) is 0. The van der Waals surface area contributed by atoms with Crippen molar-refractivity contribution in [2.45, 2.75) is 26.4 Å². The molecule has 1 aliphatic rings. The quantitative estimate of drug-likeness (QED) is 0.524. The number of nitrogens with zero attached hydrogens (tertiary/aromatic N) is 3. The zero-order chi connectivity index (χ0) is 22.2. The minimum atomic E-state index is -0.246. The predicted octanol–water partition coefficient (Wildman–Crippen LogP) is 3.08. The largest absolute Gasteiger partial charge is 0.491 e. The van der Waals surface area contributed by atoms with Crippen molar-refractivity contribution >= 4 is 23.2 Å². The van der Waals surface area contributed by atoms with E-state index in [1.807, 2.05) is 43.0 Å². The van der Waals surface area contributed by atoms with Crippen molar-refractivity contribution < 1.29 is 13.9 Å². The second-order valence-corrected chi connectivity index (χ2v) is 7.68. The molecular weight excluding hydrogens is 397 g/mol. The minimum absolute atomic E-state index is 0.0606. The number of amides is 1. The molecule has 3 rings (SSSR count). The second kappa shape index (κ2) is 10.7. The van der Waals surface area contributed by atoms with Gasteiger partial charge in [0.2, 0.25) is 5.91 Å². The van der Waals surface area contributed by atoms with Gasteiger partial charge in [0.05, 0.1) is 12.6 Å². The van der Waals surface area contributed by atoms with Crippen LogP contribution in [0.3, 0.4) is 0 Å². The van der Waals surface area contributed by atoms with Crippen LogP contribution >= 0.6 is 0 Å². The van der Waals surface area contributed by atoms with Crippen LogP contribution in [0.2, 0.25) is 0 Å². The minimum Gasteiger partial charge on any atom is -0.491 e. The van der Waals surface area contributed by atoms with E-state index in [1.165, 1.54) is 12.1 Å². The molecule has 0 spiro atoms. The number of anilines is 2. The Morgan fingerprint density at radius 1 is 1.10 bits per heavy atom. The molecule has 1 aliphatic heterocycles. The molecule has 3 N–H and O–H groups in total. The Morgan fingerprint density at radius 3 is 2.35 bits per heavy atom. The number of guanidine groups is 1. The summed E-state index contributed by atoms with van der Waals surface area (Å²) in [5.41, 5.74) is 7.71. The fraction of sp³-hybridized carbons (Fsp3) is 0.391. The van der Waals surface area contributed by atoms with Gasteiger partial charge in [-0.2, -0.15) is 0 Å². The summed E-state index contributed by atoms with van der Waals surface area (Å²) in [6.07, 6.45) is 0.425. The van der Waals surface area contributed by atoms with Gasteiger partial charge in [-0.25, -0.2) is 4.39 Å². The second-order valence-electron chi connectivity index (χ2n) is 7.68. The Labute approximate surface area is 182 Å². The first-order chi connectivity index (χ1) is 14.9. The summed E-state index contributed by atoms with van der Waals surface area (Å²) in [5, 5.41) is 3.02. The molecule has 1 saturated heterocycles. The van der Waals surface area contributed by atoms with E-state index < -0.39 is 0 Å².